The zero-order valence-corrected chi connectivity index (χ0v) is 22.1. The lowest BCUT2D eigenvalue weighted by molar-refractivity contribution is -0.130. The molecule has 4 rings (SSSR count). The fourth-order valence-electron chi connectivity index (χ4n) is 4.45. The zero-order chi connectivity index (χ0) is 26.4. The van der Waals surface area contributed by atoms with Crippen LogP contribution in [0.2, 0.25) is 0 Å². The molecule has 9 heteroatoms. The Morgan fingerprint density at radius 3 is 2.41 bits per heavy atom. The molecule has 0 aliphatic carbocycles. The smallest absolute Gasteiger partial charge is 0.242 e. The van der Waals surface area contributed by atoms with Crippen molar-refractivity contribution in [1.82, 2.24) is 29.9 Å². The molecule has 1 fully saturated rings. The number of nitrogens with zero attached hydrogens (tertiary/aromatic N) is 5. The molecular weight excluding hydrogens is 468 g/mol. The average Bonchev–Trinajstić information content (AvgIpc) is 3.31. The summed E-state index contributed by atoms with van der Waals surface area (Å²) in [5.74, 6) is 1.94. The lowest BCUT2D eigenvalue weighted by atomic mass is 10.1. The van der Waals surface area contributed by atoms with Crippen molar-refractivity contribution >= 4 is 11.8 Å². The molecule has 3 aromatic rings. The predicted octanol–water partition coefficient (Wildman–Crippen LogP) is 2.85. The first-order valence-electron chi connectivity index (χ1n) is 12.8. The van der Waals surface area contributed by atoms with Gasteiger partial charge in [-0.15, -0.1) is 5.10 Å². The molecule has 1 aliphatic rings. The molecule has 0 bridgehead atoms. The van der Waals surface area contributed by atoms with Crippen LogP contribution in [0.1, 0.15) is 26.3 Å². The van der Waals surface area contributed by atoms with Gasteiger partial charge in [0.15, 0.2) is 11.6 Å². The SMILES string of the molecule is COc1cccc(-c2nc(-c3ccc(CCN4CCN(C(C)=O)CC4)cc3)nn2CC(=O)NC(C)C)c1. The van der Waals surface area contributed by atoms with Crippen molar-refractivity contribution < 1.29 is 14.3 Å². The van der Waals surface area contributed by atoms with Crippen molar-refractivity contribution in [2.75, 3.05) is 39.8 Å². The van der Waals surface area contributed by atoms with Gasteiger partial charge in [0.1, 0.15) is 12.3 Å². The average molecular weight is 505 g/mol. The topological polar surface area (TPSA) is 92.6 Å². The standard InChI is InChI=1S/C28H36N6O3/c1-20(2)29-26(36)19-34-28(24-6-5-7-25(18-24)37-4)30-27(31-34)23-10-8-22(9-11-23)12-13-32-14-16-33(17-15-32)21(3)35/h5-11,18,20H,12-17,19H2,1-4H3,(H,29,36). The third kappa shape index (κ3) is 6.95. The highest BCUT2D eigenvalue weighted by Gasteiger charge is 2.19. The van der Waals surface area contributed by atoms with Gasteiger partial charge in [-0.1, -0.05) is 36.4 Å². The third-order valence-electron chi connectivity index (χ3n) is 6.49. The second kappa shape index (κ2) is 12.0. The molecule has 1 aliphatic heterocycles. The third-order valence-corrected chi connectivity index (χ3v) is 6.49. The van der Waals surface area contributed by atoms with Gasteiger partial charge >= 0.3 is 0 Å². The number of piperazine rings is 1. The summed E-state index contributed by atoms with van der Waals surface area (Å²) in [6.45, 7) is 9.96. The van der Waals surface area contributed by atoms with E-state index in [9.17, 15) is 9.59 Å². The normalized spacial score (nSPS) is 14.1. The van der Waals surface area contributed by atoms with Crippen LogP contribution in [-0.2, 0) is 22.6 Å². The molecule has 2 aromatic carbocycles. The molecule has 2 amide bonds. The van der Waals surface area contributed by atoms with Gasteiger partial charge in [-0.25, -0.2) is 9.67 Å². The minimum atomic E-state index is -0.116. The molecular formula is C28H36N6O3. The van der Waals surface area contributed by atoms with Crippen LogP contribution in [0.15, 0.2) is 48.5 Å². The zero-order valence-electron chi connectivity index (χ0n) is 22.1. The first kappa shape index (κ1) is 26.3. The van der Waals surface area contributed by atoms with E-state index in [4.69, 9.17) is 14.8 Å². The highest BCUT2D eigenvalue weighted by molar-refractivity contribution is 5.77. The highest BCUT2D eigenvalue weighted by Crippen LogP contribution is 2.26. The summed E-state index contributed by atoms with van der Waals surface area (Å²) >= 11 is 0. The molecule has 0 spiro atoms. The molecule has 2 heterocycles. The Labute approximate surface area is 218 Å². The van der Waals surface area contributed by atoms with Crippen LogP contribution in [0.5, 0.6) is 5.75 Å². The highest BCUT2D eigenvalue weighted by atomic mass is 16.5. The van der Waals surface area contributed by atoms with Gasteiger partial charge in [-0.2, -0.15) is 0 Å². The number of benzene rings is 2. The van der Waals surface area contributed by atoms with E-state index in [-0.39, 0.29) is 24.4 Å². The summed E-state index contributed by atoms with van der Waals surface area (Å²) in [6, 6.07) is 15.9. The van der Waals surface area contributed by atoms with E-state index in [1.807, 2.05) is 55.1 Å². The lowest BCUT2D eigenvalue weighted by Crippen LogP contribution is -2.48. The quantitative estimate of drug-likeness (QED) is 0.482. The Morgan fingerprint density at radius 1 is 1.03 bits per heavy atom. The van der Waals surface area contributed by atoms with Crippen LogP contribution in [0.25, 0.3) is 22.8 Å². The van der Waals surface area contributed by atoms with E-state index in [1.165, 1.54) is 5.56 Å². The van der Waals surface area contributed by atoms with Crippen molar-refractivity contribution in [3.8, 4) is 28.5 Å². The largest absolute Gasteiger partial charge is 0.497 e. The molecule has 0 saturated carbocycles. The Morgan fingerprint density at radius 2 is 1.76 bits per heavy atom. The van der Waals surface area contributed by atoms with Crippen LogP contribution in [0.3, 0.4) is 0 Å². The summed E-state index contributed by atoms with van der Waals surface area (Å²) < 4.78 is 7.03. The molecule has 1 saturated heterocycles. The van der Waals surface area contributed by atoms with Crippen LogP contribution in [0, 0.1) is 0 Å². The maximum Gasteiger partial charge on any atom is 0.242 e. The number of methoxy groups -OCH3 is 1. The number of aromatic nitrogens is 3. The Bertz CT molecular complexity index is 1210. The number of rotatable bonds is 9. The number of nitrogens with one attached hydrogen (secondary N) is 1. The summed E-state index contributed by atoms with van der Waals surface area (Å²) in [6.07, 6.45) is 0.937. The maximum atomic E-state index is 12.5. The number of hydrogen-bond acceptors (Lipinski definition) is 6. The summed E-state index contributed by atoms with van der Waals surface area (Å²) in [5.41, 5.74) is 2.96. The molecule has 37 heavy (non-hydrogen) atoms. The van der Waals surface area contributed by atoms with Gasteiger partial charge in [-0.3, -0.25) is 14.5 Å². The second-order valence-corrected chi connectivity index (χ2v) is 9.67. The number of hydrogen-bond donors (Lipinski definition) is 1. The van der Waals surface area contributed by atoms with Crippen molar-refractivity contribution in [1.29, 1.82) is 0 Å². The van der Waals surface area contributed by atoms with Gasteiger partial charge in [0, 0.05) is 56.8 Å². The van der Waals surface area contributed by atoms with Gasteiger partial charge < -0.3 is 15.0 Å². The van der Waals surface area contributed by atoms with Crippen molar-refractivity contribution in [2.24, 2.45) is 0 Å². The van der Waals surface area contributed by atoms with E-state index in [0.29, 0.717) is 17.4 Å². The van der Waals surface area contributed by atoms with E-state index in [2.05, 4.69) is 22.3 Å². The Hall–Kier alpha value is -3.72. The lowest BCUT2D eigenvalue weighted by Gasteiger charge is -2.34. The molecule has 1 N–H and O–H groups in total. The van der Waals surface area contributed by atoms with Crippen LogP contribution in [-0.4, -0.2) is 82.3 Å². The number of carbonyl (C=O) groups excluding carboxylic acids is 2. The van der Waals surface area contributed by atoms with Crippen LogP contribution < -0.4 is 10.1 Å². The van der Waals surface area contributed by atoms with E-state index < -0.39 is 0 Å². The van der Waals surface area contributed by atoms with Gasteiger partial charge in [0.25, 0.3) is 0 Å². The Kier molecular flexibility index (Phi) is 8.55. The van der Waals surface area contributed by atoms with E-state index >= 15 is 0 Å². The summed E-state index contributed by atoms with van der Waals surface area (Å²) in [5, 5.41) is 7.62. The summed E-state index contributed by atoms with van der Waals surface area (Å²) in [7, 11) is 1.62. The van der Waals surface area contributed by atoms with Crippen molar-refractivity contribution in [3.63, 3.8) is 0 Å². The van der Waals surface area contributed by atoms with Crippen molar-refractivity contribution in [2.45, 2.75) is 39.8 Å². The summed E-state index contributed by atoms with van der Waals surface area (Å²) in [4.78, 5) is 33.2. The van der Waals surface area contributed by atoms with E-state index in [1.54, 1.807) is 18.7 Å². The second-order valence-electron chi connectivity index (χ2n) is 9.67. The number of amides is 2. The van der Waals surface area contributed by atoms with Crippen LogP contribution in [0.4, 0.5) is 0 Å². The number of carbonyl (C=O) groups is 2. The molecule has 0 unspecified atom stereocenters. The molecule has 196 valence electrons. The first-order valence-corrected chi connectivity index (χ1v) is 12.8. The molecule has 0 atom stereocenters. The fourth-order valence-corrected chi connectivity index (χ4v) is 4.45. The van der Waals surface area contributed by atoms with Gasteiger partial charge in [0.2, 0.25) is 11.8 Å². The molecule has 1 aromatic heterocycles. The minimum absolute atomic E-state index is 0.0429. The predicted molar refractivity (Wildman–Crippen MR) is 143 cm³/mol. The van der Waals surface area contributed by atoms with E-state index in [0.717, 1.165) is 50.3 Å². The first-order chi connectivity index (χ1) is 17.8. The number of ether oxygens (including phenoxy) is 1. The minimum Gasteiger partial charge on any atom is -0.497 e. The fraction of sp³-hybridized carbons (Fsp3) is 0.429. The molecule has 0 radical (unpaired) electrons. The monoisotopic (exact) mass is 504 g/mol. The van der Waals surface area contributed by atoms with Gasteiger partial charge in [0.05, 0.1) is 7.11 Å². The maximum absolute atomic E-state index is 12.5. The molecule has 9 nitrogen and oxygen atoms in total. The van der Waals surface area contributed by atoms with Crippen LogP contribution >= 0.6 is 0 Å². The Balaban J connectivity index is 1.48. The van der Waals surface area contributed by atoms with Crippen molar-refractivity contribution in [3.05, 3.63) is 54.1 Å². The van der Waals surface area contributed by atoms with Gasteiger partial charge in [-0.05, 0) is 38.0 Å².